The quantitative estimate of drug-likeness (QED) is 0.189. The van der Waals surface area contributed by atoms with Crippen molar-refractivity contribution in [1.29, 1.82) is 0 Å². The lowest BCUT2D eigenvalue weighted by Gasteiger charge is -2.31. The number of hydrogen-bond acceptors (Lipinski definition) is 7. The van der Waals surface area contributed by atoms with Crippen LogP contribution in [0.3, 0.4) is 0 Å². The van der Waals surface area contributed by atoms with Crippen LogP contribution in [0, 0.1) is 0 Å². The SMILES string of the molecule is CCO[Si](CCCOC(CC)N(CCOC)CCOC)(OCC)OCC. The fourth-order valence-electron chi connectivity index (χ4n) is 2.81. The first-order valence-corrected chi connectivity index (χ1v) is 11.8. The average molecular weight is 396 g/mol. The molecule has 0 aliphatic heterocycles. The Morgan fingerprint density at radius 3 is 1.65 bits per heavy atom. The molecule has 0 aliphatic carbocycles. The summed E-state index contributed by atoms with van der Waals surface area (Å²) in [5.41, 5.74) is 0. The van der Waals surface area contributed by atoms with Crippen molar-refractivity contribution in [1.82, 2.24) is 4.90 Å². The van der Waals surface area contributed by atoms with Gasteiger partial charge in [0.15, 0.2) is 0 Å². The molecule has 0 aromatic carbocycles. The second-order valence-electron chi connectivity index (χ2n) is 5.84. The van der Waals surface area contributed by atoms with Crippen LogP contribution in [0.1, 0.15) is 40.5 Å². The Kier molecular flexibility index (Phi) is 17.0. The standard InChI is InChI=1S/C18H41NO6Si/c1-7-18(19(12-15-20-5)13-16-21-6)22-14-11-17-26(23-8-2,24-9-3)25-10-4/h18H,7-17H2,1-6H3. The number of methoxy groups -OCH3 is 2. The van der Waals surface area contributed by atoms with Gasteiger partial charge in [-0.15, -0.1) is 0 Å². The monoisotopic (exact) mass is 395 g/mol. The maximum atomic E-state index is 6.15. The minimum atomic E-state index is -2.58. The summed E-state index contributed by atoms with van der Waals surface area (Å²) < 4.78 is 34.3. The van der Waals surface area contributed by atoms with Crippen LogP contribution < -0.4 is 0 Å². The van der Waals surface area contributed by atoms with Gasteiger partial charge in [0.2, 0.25) is 0 Å². The van der Waals surface area contributed by atoms with E-state index in [4.69, 9.17) is 27.5 Å². The molecule has 0 amide bonds. The lowest BCUT2D eigenvalue weighted by atomic mass is 10.3. The van der Waals surface area contributed by atoms with E-state index < -0.39 is 8.80 Å². The van der Waals surface area contributed by atoms with E-state index in [-0.39, 0.29) is 6.23 Å². The van der Waals surface area contributed by atoms with Crippen molar-refractivity contribution >= 4 is 8.80 Å². The Labute approximate surface area is 161 Å². The highest BCUT2D eigenvalue weighted by Crippen LogP contribution is 2.19. The van der Waals surface area contributed by atoms with E-state index in [9.17, 15) is 0 Å². The zero-order valence-electron chi connectivity index (χ0n) is 17.8. The lowest BCUT2D eigenvalue weighted by molar-refractivity contribution is -0.0750. The van der Waals surface area contributed by atoms with Gasteiger partial charge in [-0.1, -0.05) is 6.92 Å². The third-order valence-corrected chi connectivity index (χ3v) is 7.10. The highest BCUT2D eigenvalue weighted by atomic mass is 28.4. The van der Waals surface area contributed by atoms with Crippen molar-refractivity contribution in [2.75, 3.05) is 67.0 Å². The van der Waals surface area contributed by atoms with Crippen molar-refractivity contribution in [2.45, 2.75) is 52.8 Å². The third-order valence-electron chi connectivity index (χ3n) is 3.95. The molecule has 0 fully saturated rings. The summed E-state index contributed by atoms with van der Waals surface area (Å²) in [6.07, 6.45) is 1.83. The molecule has 1 atom stereocenters. The Balaban J connectivity index is 4.54. The number of ether oxygens (including phenoxy) is 3. The van der Waals surface area contributed by atoms with Crippen LogP contribution in [0.25, 0.3) is 0 Å². The van der Waals surface area contributed by atoms with Gasteiger partial charge in [-0.05, 0) is 33.6 Å². The van der Waals surface area contributed by atoms with Gasteiger partial charge in [-0.3, -0.25) is 4.90 Å². The van der Waals surface area contributed by atoms with Crippen LogP contribution in [0.2, 0.25) is 6.04 Å². The third kappa shape index (κ3) is 10.9. The fraction of sp³-hybridized carbons (Fsp3) is 1.00. The van der Waals surface area contributed by atoms with E-state index in [1.807, 2.05) is 20.8 Å². The van der Waals surface area contributed by atoms with Crippen LogP contribution in [0.5, 0.6) is 0 Å². The number of hydrogen-bond donors (Lipinski definition) is 0. The summed E-state index contributed by atoms with van der Waals surface area (Å²) in [6.45, 7) is 13.5. The van der Waals surface area contributed by atoms with Crippen LogP contribution in [0.4, 0.5) is 0 Å². The minimum absolute atomic E-state index is 0.0580. The van der Waals surface area contributed by atoms with Gasteiger partial charge in [0.1, 0.15) is 6.23 Å². The summed E-state index contributed by atoms with van der Waals surface area (Å²) >= 11 is 0. The summed E-state index contributed by atoms with van der Waals surface area (Å²) in [6, 6.07) is 0.773. The predicted octanol–water partition coefficient (Wildman–Crippen LogP) is 2.77. The van der Waals surface area contributed by atoms with Gasteiger partial charge in [-0.2, -0.15) is 0 Å². The van der Waals surface area contributed by atoms with Crippen molar-refractivity contribution in [3.05, 3.63) is 0 Å². The second-order valence-corrected chi connectivity index (χ2v) is 8.57. The van der Waals surface area contributed by atoms with Gasteiger partial charge in [0.25, 0.3) is 0 Å². The summed E-state index contributed by atoms with van der Waals surface area (Å²) in [5, 5.41) is 0. The largest absolute Gasteiger partial charge is 0.501 e. The zero-order chi connectivity index (χ0) is 19.7. The van der Waals surface area contributed by atoms with E-state index in [0.717, 1.165) is 32.0 Å². The average Bonchev–Trinajstić information content (AvgIpc) is 2.63. The molecular formula is C18H41NO6Si. The first-order valence-electron chi connectivity index (χ1n) is 9.88. The van der Waals surface area contributed by atoms with Gasteiger partial charge < -0.3 is 27.5 Å². The lowest BCUT2D eigenvalue weighted by Crippen LogP contribution is -2.46. The van der Waals surface area contributed by atoms with Crippen LogP contribution >= 0.6 is 0 Å². The molecule has 0 heterocycles. The van der Waals surface area contributed by atoms with Gasteiger partial charge in [0, 0.05) is 59.8 Å². The first kappa shape index (κ1) is 25.9. The molecule has 0 aromatic rings. The smallest absolute Gasteiger partial charge is 0.383 e. The number of nitrogens with zero attached hydrogens (tertiary/aromatic N) is 1. The molecule has 0 aliphatic rings. The minimum Gasteiger partial charge on any atom is -0.383 e. The zero-order valence-corrected chi connectivity index (χ0v) is 18.8. The number of rotatable bonds is 19. The predicted molar refractivity (Wildman–Crippen MR) is 105 cm³/mol. The van der Waals surface area contributed by atoms with E-state index in [0.29, 0.717) is 39.6 Å². The first-order chi connectivity index (χ1) is 12.6. The summed E-state index contributed by atoms with van der Waals surface area (Å²) in [7, 11) is 0.855. The molecule has 0 N–H and O–H groups in total. The molecule has 0 saturated heterocycles. The molecule has 7 nitrogen and oxygen atoms in total. The van der Waals surface area contributed by atoms with Crippen LogP contribution in [-0.2, 0) is 27.5 Å². The van der Waals surface area contributed by atoms with Gasteiger partial charge in [-0.25, -0.2) is 0 Å². The molecule has 26 heavy (non-hydrogen) atoms. The van der Waals surface area contributed by atoms with E-state index in [1.54, 1.807) is 14.2 Å². The molecule has 0 radical (unpaired) electrons. The molecule has 0 saturated carbocycles. The van der Waals surface area contributed by atoms with E-state index >= 15 is 0 Å². The fourth-order valence-corrected chi connectivity index (χ4v) is 5.39. The highest BCUT2D eigenvalue weighted by molar-refractivity contribution is 6.60. The highest BCUT2D eigenvalue weighted by Gasteiger charge is 2.39. The maximum absolute atomic E-state index is 6.15. The topological polar surface area (TPSA) is 58.6 Å². The molecule has 1 unspecified atom stereocenters. The molecule has 8 heteroatoms. The summed E-state index contributed by atoms with van der Waals surface area (Å²) in [5.74, 6) is 0. The van der Waals surface area contributed by atoms with E-state index in [2.05, 4.69) is 11.8 Å². The molecule has 0 spiro atoms. The Morgan fingerprint density at radius 1 is 0.769 bits per heavy atom. The van der Waals surface area contributed by atoms with Gasteiger partial charge in [0.05, 0.1) is 13.2 Å². The summed E-state index contributed by atoms with van der Waals surface area (Å²) in [4.78, 5) is 2.27. The Bertz CT molecular complexity index is 286. The molecule has 0 aromatic heterocycles. The Morgan fingerprint density at radius 2 is 1.27 bits per heavy atom. The normalized spacial score (nSPS) is 13.5. The van der Waals surface area contributed by atoms with Crippen molar-refractivity contribution in [3.63, 3.8) is 0 Å². The van der Waals surface area contributed by atoms with Crippen LogP contribution in [-0.4, -0.2) is 86.9 Å². The Hall–Kier alpha value is -0.0631. The van der Waals surface area contributed by atoms with Crippen molar-refractivity contribution in [3.8, 4) is 0 Å². The molecule has 0 rings (SSSR count). The molecule has 0 bridgehead atoms. The maximum Gasteiger partial charge on any atom is 0.501 e. The van der Waals surface area contributed by atoms with Crippen LogP contribution in [0.15, 0.2) is 0 Å². The molecular weight excluding hydrogens is 354 g/mol. The van der Waals surface area contributed by atoms with E-state index in [1.165, 1.54) is 0 Å². The van der Waals surface area contributed by atoms with Crippen molar-refractivity contribution in [2.24, 2.45) is 0 Å². The molecule has 158 valence electrons. The second kappa shape index (κ2) is 17.1. The van der Waals surface area contributed by atoms with Gasteiger partial charge >= 0.3 is 8.80 Å². The van der Waals surface area contributed by atoms with Crippen molar-refractivity contribution < 1.29 is 27.5 Å².